The van der Waals surface area contributed by atoms with Crippen LogP contribution in [0.15, 0.2) is 24.3 Å². The molecule has 1 aromatic rings. The van der Waals surface area contributed by atoms with Crippen molar-refractivity contribution in [2.24, 2.45) is 5.41 Å². The van der Waals surface area contributed by atoms with Gasteiger partial charge >= 0.3 is 0 Å². The Morgan fingerprint density at radius 2 is 1.75 bits per heavy atom. The first-order chi connectivity index (χ1) is 11.2. The molecular formula is C18H28ClN3O2. The molecule has 24 heavy (non-hydrogen) atoms. The molecule has 0 aliphatic heterocycles. The van der Waals surface area contributed by atoms with E-state index in [1.54, 1.807) is 24.3 Å². The third kappa shape index (κ3) is 8.31. The van der Waals surface area contributed by atoms with Gasteiger partial charge in [-0.25, -0.2) is 0 Å². The van der Waals surface area contributed by atoms with Crippen molar-refractivity contribution in [3.8, 4) is 0 Å². The highest BCUT2D eigenvalue weighted by Gasteiger charge is 2.19. The lowest BCUT2D eigenvalue weighted by atomic mass is 9.93. The van der Waals surface area contributed by atoms with Gasteiger partial charge in [-0.2, -0.15) is 0 Å². The molecule has 0 aliphatic rings. The van der Waals surface area contributed by atoms with Gasteiger partial charge in [0.2, 0.25) is 5.91 Å². The minimum absolute atomic E-state index is 0.0163. The van der Waals surface area contributed by atoms with Gasteiger partial charge in [0.15, 0.2) is 0 Å². The van der Waals surface area contributed by atoms with Crippen LogP contribution < -0.4 is 10.6 Å². The summed E-state index contributed by atoms with van der Waals surface area (Å²) in [6.07, 6.45) is 1.01. The predicted octanol–water partition coefficient (Wildman–Crippen LogP) is 2.55. The fraction of sp³-hybridized carbons (Fsp3) is 0.556. The number of carbonyl (C=O) groups is 2. The van der Waals surface area contributed by atoms with Crippen LogP contribution >= 0.6 is 11.6 Å². The van der Waals surface area contributed by atoms with Gasteiger partial charge in [-0.1, -0.05) is 25.4 Å². The van der Waals surface area contributed by atoms with Gasteiger partial charge in [0.25, 0.3) is 5.91 Å². The number of nitrogens with one attached hydrogen (secondary N) is 2. The molecule has 0 unspecified atom stereocenters. The quantitative estimate of drug-likeness (QED) is 0.671. The van der Waals surface area contributed by atoms with E-state index in [1.165, 1.54) is 0 Å². The molecule has 0 spiro atoms. The lowest BCUT2D eigenvalue weighted by Crippen LogP contribution is -2.40. The Labute approximate surface area is 149 Å². The fourth-order valence-corrected chi connectivity index (χ4v) is 2.62. The van der Waals surface area contributed by atoms with Crippen LogP contribution in [0.1, 0.15) is 37.0 Å². The lowest BCUT2D eigenvalue weighted by Gasteiger charge is -2.28. The van der Waals surface area contributed by atoms with Crippen LogP contribution in [-0.4, -0.2) is 50.4 Å². The Kier molecular flexibility index (Phi) is 8.22. The Hall–Kier alpha value is -1.59. The number of nitrogens with zero attached hydrogens (tertiary/aromatic N) is 1. The minimum Gasteiger partial charge on any atom is -0.356 e. The van der Waals surface area contributed by atoms with E-state index in [1.807, 2.05) is 14.1 Å². The van der Waals surface area contributed by atoms with Crippen LogP contribution in [0.3, 0.4) is 0 Å². The van der Waals surface area contributed by atoms with E-state index >= 15 is 0 Å². The standard InChI is InChI=1S/C18H28ClN3O2/c1-18(2,13-22(3)4)12-21-16(23)6-5-11-20-17(24)14-7-9-15(19)10-8-14/h7-10H,5-6,11-13H2,1-4H3,(H,20,24)(H,21,23). The summed E-state index contributed by atoms with van der Waals surface area (Å²) < 4.78 is 0. The molecule has 0 saturated heterocycles. The Bertz CT molecular complexity index is 542. The van der Waals surface area contributed by atoms with Crippen LogP contribution in [-0.2, 0) is 4.79 Å². The maximum Gasteiger partial charge on any atom is 0.251 e. The molecule has 0 aromatic heterocycles. The highest BCUT2D eigenvalue weighted by molar-refractivity contribution is 6.30. The molecular weight excluding hydrogens is 326 g/mol. The van der Waals surface area contributed by atoms with Crippen molar-refractivity contribution in [2.75, 3.05) is 33.7 Å². The molecule has 0 radical (unpaired) electrons. The summed E-state index contributed by atoms with van der Waals surface area (Å²) in [4.78, 5) is 25.9. The number of carbonyl (C=O) groups excluding carboxylic acids is 2. The average Bonchev–Trinajstić information content (AvgIpc) is 2.49. The fourth-order valence-electron chi connectivity index (χ4n) is 2.49. The molecule has 2 N–H and O–H groups in total. The smallest absolute Gasteiger partial charge is 0.251 e. The predicted molar refractivity (Wildman–Crippen MR) is 98.4 cm³/mol. The molecule has 0 fully saturated rings. The van der Waals surface area contributed by atoms with Crippen molar-refractivity contribution >= 4 is 23.4 Å². The van der Waals surface area contributed by atoms with Gasteiger partial charge < -0.3 is 15.5 Å². The van der Waals surface area contributed by atoms with Crippen molar-refractivity contribution in [1.29, 1.82) is 0 Å². The van der Waals surface area contributed by atoms with E-state index in [0.29, 0.717) is 36.5 Å². The second-order valence-electron chi connectivity index (χ2n) is 7.05. The summed E-state index contributed by atoms with van der Waals surface area (Å²) in [6.45, 7) is 6.26. The van der Waals surface area contributed by atoms with Gasteiger partial charge in [0.1, 0.15) is 0 Å². The normalized spacial score (nSPS) is 11.4. The van der Waals surface area contributed by atoms with Crippen molar-refractivity contribution < 1.29 is 9.59 Å². The molecule has 2 amide bonds. The molecule has 0 atom stereocenters. The summed E-state index contributed by atoms with van der Waals surface area (Å²) in [5.74, 6) is -0.137. The van der Waals surface area contributed by atoms with Gasteiger partial charge in [-0.05, 0) is 50.2 Å². The lowest BCUT2D eigenvalue weighted by molar-refractivity contribution is -0.121. The van der Waals surface area contributed by atoms with E-state index in [4.69, 9.17) is 11.6 Å². The van der Waals surface area contributed by atoms with E-state index in [9.17, 15) is 9.59 Å². The van der Waals surface area contributed by atoms with Crippen molar-refractivity contribution in [3.05, 3.63) is 34.9 Å². The Balaban J connectivity index is 2.21. The van der Waals surface area contributed by atoms with Crippen LogP contribution in [0.2, 0.25) is 5.02 Å². The number of hydrogen-bond acceptors (Lipinski definition) is 3. The largest absolute Gasteiger partial charge is 0.356 e. The van der Waals surface area contributed by atoms with E-state index in [2.05, 4.69) is 29.4 Å². The molecule has 0 saturated carbocycles. The van der Waals surface area contributed by atoms with Gasteiger partial charge in [0.05, 0.1) is 0 Å². The second kappa shape index (κ2) is 9.64. The van der Waals surface area contributed by atoms with Gasteiger partial charge in [-0.3, -0.25) is 9.59 Å². The molecule has 0 heterocycles. The molecule has 0 aliphatic carbocycles. The van der Waals surface area contributed by atoms with Crippen LogP contribution in [0.4, 0.5) is 0 Å². The summed E-state index contributed by atoms with van der Waals surface area (Å²) >= 11 is 5.79. The summed E-state index contributed by atoms with van der Waals surface area (Å²) in [7, 11) is 4.04. The molecule has 134 valence electrons. The summed E-state index contributed by atoms with van der Waals surface area (Å²) in [5.41, 5.74) is 0.594. The average molecular weight is 354 g/mol. The molecule has 0 bridgehead atoms. The number of rotatable bonds is 9. The molecule has 1 aromatic carbocycles. The number of benzene rings is 1. The summed E-state index contributed by atoms with van der Waals surface area (Å²) in [5, 5.41) is 6.36. The van der Waals surface area contributed by atoms with Gasteiger partial charge in [-0.15, -0.1) is 0 Å². The van der Waals surface area contributed by atoms with Crippen molar-refractivity contribution in [1.82, 2.24) is 15.5 Å². The van der Waals surface area contributed by atoms with Crippen LogP contribution in [0.25, 0.3) is 0 Å². The highest BCUT2D eigenvalue weighted by atomic mass is 35.5. The van der Waals surface area contributed by atoms with E-state index in [-0.39, 0.29) is 17.2 Å². The van der Waals surface area contributed by atoms with Crippen molar-refractivity contribution in [3.63, 3.8) is 0 Å². The zero-order valence-electron chi connectivity index (χ0n) is 15.0. The molecule has 5 nitrogen and oxygen atoms in total. The number of amides is 2. The third-order valence-corrected chi connectivity index (χ3v) is 3.73. The first-order valence-electron chi connectivity index (χ1n) is 8.15. The molecule has 6 heteroatoms. The van der Waals surface area contributed by atoms with Gasteiger partial charge in [0, 0.05) is 36.6 Å². The zero-order chi connectivity index (χ0) is 18.2. The monoisotopic (exact) mass is 353 g/mol. The highest BCUT2D eigenvalue weighted by Crippen LogP contribution is 2.14. The SMILES string of the molecule is CN(C)CC(C)(C)CNC(=O)CCCNC(=O)c1ccc(Cl)cc1. The number of hydrogen-bond donors (Lipinski definition) is 2. The van der Waals surface area contributed by atoms with E-state index < -0.39 is 0 Å². The maximum absolute atomic E-state index is 11.9. The third-order valence-electron chi connectivity index (χ3n) is 3.48. The summed E-state index contributed by atoms with van der Waals surface area (Å²) in [6, 6.07) is 6.72. The van der Waals surface area contributed by atoms with Crippen LogP contribution in [0.5, 0.6) is 0 Å². The molecule has 1 rings (SSSR count). The number of halogens is 1. The van der Waals surface area contributed by atoms with Crippen molar-refractivity contribution in [2.45, 2.75) is 26.7 Å². The van der Waals surface area contributed by atoms with Crippen LogP contribution in [0, 0.1) is 5.41 Å². The minimum atomic E-state index is -0.154. The Morgan fingerprint density at radius 1 is 1.12 bits per heavy atom. The topological polar surface area (TPSA) is 61.4 Å². The van der Waals surface area contributed by atoms with E-state index in [0.717, 1.165) is 6.54 Å². The first-order valence-corrected chi connectivity index (χ1v) is 8.52. The maximum atomic E-state index is 11.9. The Morgan fingerprint density at radius 3 is 2.33 bits per heavy atom. The second-order valence-corrected chi connectivity index (χ2v) is 7.48. The first kappa shape index (κ1) is 20.5. The zero-order valence-corrected chi connectivity index (χ0v) is 15.7.